The number of rotatable bonds is 3. The molecule has 0 aliphatic rings. The number of ether oxygens (including phenoxy) is 1. The van der Waals surface area contributed by atoms with Crippen molar-refractivity contribution in [3.8, 4) is 5.75 Å². The Kier molecular flexibility index (Phi) is 4.09. The highest BCUT2D eigenvalue weighted by Gasteiger charge is 2.18. The summed E-state index contributed by atoms with van der Waals surface area (Å²) in [6.07, 6.45) is 0. The van der Waals surface area contributed by atoms with Crippen molar-refractivity contribution < 1.29 is 9.53 Å². The quantitative estimate of drug-likeness (QED) is 0.514. The highest BCUT2D eigenvalue weighted by molar-refractivity contribution is 14.1. The van der Waals surface area contributed by atoms with Crippen LogP contribution in [0.1, 0.15) is 21.5 Å². The normalized spacial score (nSPS) is 10.3. The van der Waals surface area contributed by atoms with Gasteiger partial charge in [0.1, 0.15) is 5.75 Å². The second-order valence-electron chi connectivity index (χ2n) is 4.21. The number of carbonyl (C=O) groups excluding carboxylic acids is 1. The second-order valence-corrected chi connectivity index (χ2v) is 5.46. The van der Waals surface area contributed by atoms with Crippen LogP contribution in [0.3, 0.4) is 0 Å². The number of nitrogens with two attached hydrogens (primary N) is 1. The summed E-state index contributed by atoms with van der Waals surface area (Å²) in [5, 5.41) is 0. The minimum atomic E-state index is -0.106. The van der Waals surface area contributed by atoms with Gasteiger partial charge in [-0.15, -0.1) is 0 Å². The molecule has 0 saturated carbocycles. The highest BCUT2D eigenvalue weighted by atomic mass is 127. The molecule has 3 nitrogen and oxygen atoms in total. The number of halogens is 1. The number of hydrogen-bond donors (Lipinski definition) is 1. The minimum Gasteiger partial charge on any atom is -0.496 e. The lowest BCUT2D eigenvalue weighted by Crippen LogP contribution is -2.09. The Bertz CT molecular complexity index is 618. The van der Waals surface area contributed by atoms with Gasteiger partial charge in [0.15, 0.2) is 5.78 Å². The van der Waals surface area contributed by atoms with Crippen LogP contribution in [0.25, 0.3) is 0 Å². The summed E-state index contributed by atoms with van der Waals surface area (Å²) < 4.78 is 6.24. The number of nitrogen functional groups attached to an aromatic ring is 1. The molecule has 2 N–H and O–H groups in total. The molecule has 0 saturated heterocycles. The zero-order chi connectivity index (χ0) is 14.0. The monoisotopic (exact) mass is 367 g/mol. The molecule has 19 heavy (non-hydrogen) atoms. The van der Waals surface area contributed by atoms with E-state index in [1.807, 2.05) is 31.2 Å². The van der Waals surface area contributed by atoms with Crippen molar-refractivity contribution in [2.45, 2.75) is 6.92 Å². The van der Waals surface area contributed by atoms with Gasteiger partial charge in [0.05, 0.1) is 12.7 Å². The summed E-state index contributed by atoms with van der Waals surface area (Å²) in [5.41, 5.74) is 8.37. The van der Waals surface area contributed by atoms with Crippen molar-refractivity contribution in [3.05, 3.63) is 56.7 Å². The predicted molar refractivity (Wildman–Crippen MR) is 84.7 cm³/mol. The Balaban J connectivity index is 2.59. The Morgan fingerprint density at radius 1 is 1.26 bits per heavy atom. The average molecular weight is 367 g/mol. The molecule has 0 fully saturated rings. The van der Waals surface area contributed by atoms with Crippen molar-refractivity contribution >= 4 is 34.1 Å². The van der Waals surface area contributed by atoms with E-state index in [0.717, 1.165) is 9.13 Å². The Morgan fingerprint density at radius 2 is 2.00 bits per heavy atom. The van der Waals surface area contributed by atoms with E-state index >= 15 is 0 Å². The van der Waals surface area contributed by atoms with Crippen LogP contribution in [-0.4, -0.2) is 12.9 Å². The molecule has 98 valence electrons. The van der Waals surface area contributed by atoms with Crippen LogP contribution in [0.2, 0.25) is 0 Å². The van der Waals surface area contributed by atoms with Crippen LogP contribution in [0, 0.1) is 10.5 Å². The second kappa shape index (κ2) is 5.61. The molecule has 2 aromatic rings. The van der Waals surface area contributed by atoms with Crippen molar-refractivity contribution in [3.63, 3.8) is 0 Å². The fraction of sp³-hybridized carbons (Fsp3) is 0.133. The molecule has 4 heteroatoms. The molecule has 0 spiro atoms. The lowest BCUT2D eigenvalue weighted by molar-refractivity contribution is 0.103. The number of carbonyl (C=O) groups is 1. The van der Waals surface area contributed by atoms with Gasteiger partial charge < -0.3 is 10.5 Å². The van der Waals surface area contributed by atoms with Crippen molar-refractivity contribution in [1.29, 1.82) is 0 Å². The summed E-state index contributed by atoms with van der Waals surface area (Å²) in [6.45, 7) is 1.88. The third-order valence-corrected chi connectivity index (χ3v) is 3.61. The zero-order valence-corrected chi connectivity index (χ0v) is 12.9. The maximum Gasteiger partial charge on any atom is 0.199 e. The largest absolute Gasteiger partial charge is 0.496 e. The summed E-state index contributed by atoms with van der Waals surface area (Å²) in [6, 6.07) is 11.0. The van der Waals surface area contributed by atoms with Gasteiger partial charge in [-0.1, -0.05) is 12.1 Å². The SMILES string of the molecule is COc1ccc(I)cc1C(=O)c1c(C)cccc1N. The average Bonchev–Trinajstić information content (AvgIpc) is 2.38. The number of ketones is 1. The van der Waals surface area contributed by atoms with E-state index in [-0.39, 0.29) is 5.78 Å². The van der Waals surface area contributed by atoms with Crippen molar-refractivity contribution in [2.75, 3.05) is 12.8 Å². The molecule has 2 rings (SSSR count). The smallest absolute Gasteiger partial charge is 0.199 e. The number of methoxy groups -OCH3 is 1. The number of anilines is 1. The standard InChI is InChI=1S/C15H14INO2/c1-9-4-3-5-12(17)14(9)15(18)11-8-10(16)6-7-13(11)19-2/h3-8H,17H2,1-2H3. The van der Waals surface area contributed by atoms with Gasteiger partial charge in [0.25, 0.3) is 0 Å². The molecule has 0 aliphatic carbocycles. The Morgan fingerprint density at radius 3 is 2.63 bits per heavy atom. The molecule has 0 aliphatic heterocycles. The topological polar surface area (TPSA) is 52.3 Å². The predicted octanol–water partition coefficient (Wildman–Crippen LogP) is 3.42. The van der Waals surface area contributed by atoms with E-state index < -0.39 is 0 Å². The van der Waals surface area contributed by atoms with Crippen LogP contribution in [0.5, 0.6) is 5.75 Å². The first kappa shape index (κ1) is 13.9. The molecule has 0 heterocycles. The van der Waals surface area contributed by atoms with Crippen LogP contribution in [0.15, 0.2) is 36.4 Å². The fourth-order valence-corrected chi connectivity index (χ4v) is 2.48. The maximum absolute atomic E-state index is 12.7. The molecule has 2 aromatic carbocycles. The lowest BCUT2D eigenvalue weighted by atomic mass is 9.97. The Labute approximate surface area is 125 Å². The van der Waals surface area contributed by atoms with Gasteiger partial charge in [-0.2, -0.15) is 0 Å². The summed E-state index contributed by atoms with van der Waals surface area (Å²) in [7, 11) is 1.56. The van der Waals surface area contributed by atoms with Gasteiger partial charge in [0, 0.05) is 14.8 Å². The van der Waals surface area contributed by atoms with E-state index in [1.54, 1.807) is 19.2 Å². The van der Waals surface area contributed by atoms with Gasteiger partial charge in [0.2, 0.25) is 0 Å². The molecule has 0 amide bonds. The molecular formula is C15H14INO2. The van der Waals surface area contributed by atoms with Gasteiger partial charge >= 0.3 is 0 Å². The lowest BCUT2D eigenvalue weighted by Gasteiger charge is -2.11. The zero-order valence-electron chi connectivity index (χ0n) is 10.7. The highest BCUT2D eigenvalue weighted by Crippen LogP contribution is 2.27. The molecule has 0 atom stereocenters. The first-order chi connectivity index (χ1) is 9.04. The summed E-state index contributed by atoms with van der Waals surface area (Å²) in [4.78, 5) is 12.7. The van der Waals surface area contributed by atoms with E-state index in [4.69, 9.17) is 10.5 Å². The van der Waals surface area contributed by atoms with Crippen molar-refractivity contribution in [2.24, 2.45) is 0 Å². The first-order valence-electron chi connectivity index (χ1n) is 5.78. The van der Waals surface area contributed by atoms with E-state index in [2.05, 4.69) is 22.6 Å². The third kappa shape index (κ3) is 2.73. The molecular weight excluding hydrogens is 353 g/mol. The van der Waals surface area contributed by atoms with Crippen LogP contribution >= 0.6 is 22.6 Å². The molecule has 0 aromatic heterocycles. The van der Waals surface area contributed by atoms with Gasteiger partial charge in [-0.3, -0.25) is 4.79 Å². The van der Waals surface area contributed by atoms with E-state index in [1.165, 1.54) is 0 Å². The first-order valence-corrected chi connectivity index (χ1v) is 6.85. The van der Waals surface area contributed by atoms with Crippen LogP contribution < -0.4 is 10.5 Å². The van der Waals surface area contributed by atoms with Gasteiger partial charge in [-0.25, -0.2) is 0 Å². The van der Waals surface area contributed by atoms with Crippen LogP contribution in [0.4, 0.5) is 5.69 Å². The van der Waals surface area contributed by atoms with Crippen molar-refractivity contribution in [1.82, 2.24) is 0 Å². The molecule has 0 unspecified atom stereocenters. The van der Waals surface area contributed by atoms with Crippen LogP contribution in [-0.2, 0) is 0 Å². The Hall–Kier alpha value is -1.56. The van der Waals surface area contributed by atoms with Gasteiger partial charge in [-0.05, 0) is 59.3 Å². The number of aryl methyl sites for hydroxylation is 1. The number of hydrogen-bond acceptors (Lipinski definition) is 3. The number of benzene rings is 2. The summed E-state index contributed by atoms with van der Waals surface area (Å²) >= 11 is 2.17. The maximum atomic E-state index is 12.7. The van der Waals surface area contributed by atoms with E-state index in [0.29, 0.717) is 22.6 Å². The molecule has 0 bridgehead atoms. The minimum absolute atomic E-state index is 0.106. The molecule has 0 radical (unpaired) electrons. The summed E-state index contributed by atoms with van der Waals surface area (Å²) in [5.74, 6) is 0.457. The fourth-order valence-electron chi connectivity index (χ4n) is 1.99. The third-order valence-electron chi connectivity index (χ3n) is 2.94. The van der Waals surface area contributed by atoms with E-state index in [9.17, 15) is 4.79 Å².